The van der Waals surface area contributed by atoms with Gasteiger partial charge in [-0.2, -0.15) is 0 Å². The normalized spacial score (nSPS) is 20.8. The van der Waals surface area contributed by atoms with Crippen molar-refractivity contribution in [2.75, 3.05) is 11.1 Å². The summed E-state index contributed by atoms with van der Waals surface area (Å²) in [5.74, 6) is -1.14. The Hall–Kier alpha value is -3.05. The molecule has 1 aliphatic rings. The first-order valence-electron chi connectivity index (χ1n) is 11.8. The molecule has 3 aromatic rings. The fraction of sp³-hybridized carbons (Fsp3) is 0.423. The fourth-order valence-corrected chi connectivity index (χ4v) is 6.73. The van der Waals surface area contributed by atoms with Crippen LogP contribution in [0, 0.1) is 12.7 Å². The van der Waals surface area contributed by atoms with Crippen molar-refractivity contribution in [3.8, 4) is 0 Å². The van der Waals surface area contributed by atoms with Crippen LogP contribution in [0.3, 0.4) is 0 Å². The molecule has 4 rings (SSSR count). The number of ether oxygens (including phenoxy) is 1. The average molecular weight is 547 g/mol. The SMILES string of the molecule is Cc1nc2c(Nc3ccc(F)c([C@]4(C)CS(=O)(=O)C(C)(C)C(NC(=O)OC(C)(C)C)=N4)c3)cccc2s1. The molecular formula is C26H31FN4O4S2. The van der Waals surface area contributed by atoms with Crippen molar-refractivity contribution in [3.63, 3.8) is 0 Å². The van der Waals surface area contributed by atoms with E-state index in [0.717, 1.165) is 20.9 Å². The van der Waals surface area contributed by atoms with Crippen molar-refractivity contribution in [1.29, 1.82) is 0 Å². The van der Waals surface area contributed by atoms with Gasteiger partial charge in [-0.15, -0.1) is 11.3 Å². The molecule has 0 bridgehead atoms. The highest BCUT2D eigenvalue weighted by atomic mass is 32.2. The molecule has 1 atom stereocenters. The second-order valence-electron chi connectivity index (χ2n) is 10.8. The Labute approximate surface area is 220 Å². The van der Waals surface area contributed by atoms with Crippen LogP contribution in [0.15, 0.2) is 41.4 Å². The van der Waals surface area contributed by atoms with Gasteiger partial charge in [0.1, 0.15) is 33.1 Å². The minimum absolute atomic E-state index is 0.0849. The van der Waals surface area contributed by atoms with Crippen LogP contribution in [0.25, 0.3) is 10.2 Å². The van der Waals surface area contributed by atoms with E-state index in [9.17, 15) is 13.2 Å². The van der Waals surface area contributed by atoms with Crippen LogP contribution in [0.1, 0.15) is 52.1 Å². The van der Waals surface area contributed by atoms with Crippen molar-refractivity contribution >= 4 is 54.7 Å². The fourth-order valence-electron chi connectivity index (χ4n) is 4.16. The molecule has 2 heterocycles. The lowest BCUT2D eigenvalue weighted by atomic mass is 9.92. The summed E-state index contributed by atoms with van der Waals surface area (Å²) in [7, 11) is -3.87. The van der Waals surface area contributed by atoms with Crippen molar-refractivity contribution in [2.45, 2.75) is 64.4 Å². The Morgan fingerprint density at radius 3 is 2.54 bits per heavy atom. The van der Waals surface area contributed by atoms with Gasteiger partial charge in [-0.25, -0.2) is 22.6 Å². The lowest BCUT2D eigenvalue weighted by Crippen LogP contribution is -2.58. The van der Waals surface area contributed by atoms with Crippen LogP contribution < -0.4 is 10.6 Å². The standard InChI is InChI=1S/C26H31FN4O4S2/c1-15-28-21-19(9-8-10-20(21)36-15)29-16-11-12-18(27)17(13-16)26(7)14-37(33,34)25(5,6)22(31-26)30-23(32)35-24(2,3)4/h8-13,29H,14H2,1-7H3,(H,30,31,32)/t26-/m0/s1. The number of halogens is 1. The van der Waals surface area contributed by atoms with Crippen molar-refractivity contribution < 1.29 is 22.3 Å². The molecule has 2 N–H and O–H groups in total. The zero-order valence-corrected chi connectivity index (χ0v) is 23.5. The van der Waals surface area contributed by atoms with Gasteiger partial charge in [-0.3, -0.25) is 10.3 Å². The van der Waals surface area contributed by atoms with Gasteiger partial charge < -0.3 is 10.1 Å². The first-order chi connectivity index (χ1) is 17.0. The molecular weight excluding hydrogens is 515 g/mol. The Morgan fingerprint density at radius 1 is 1.16 bits per heavy atom. The van der Waals surface area contributed by atoms with Gasteiger partial charge in [0.2, 0.25) is 0 Å². The molecule has 0 fully saturated rings. The topological polar surface area (TPSA) is 110 Å². The lowest BCUT2D eigenvalue weighted by molar-refractivity contribution is 0.0560. The number of fused-ring (bicyclic) bond motifs is 1. The number of aryl methyl sites for hydroxylation is 1. The third-order valence-electron chi connectivity index (χ3n) is 6.15. The first kappa shape index (κ1) is 27.0. The number of alkyl carbamates (subject to hydrolysis) is 1. The largest absolute Gasteiger partial charge is 0.444 e. The molecule has 37 heavy (non-hydrogen) atoms. The van der Waals surface area contributed by atoms with E-state index in [2.05, 4.69) is 20.6 Å². The molecule has 0 aliphatic carbocycles. The number of amides is 1. The molecule has 11 heteroatoms. The second kappa shape index (κ2) is 9.05. The van der Waals surface area contributed by atoms with Gasteiger partial charge in [0.05, 0.1) is 21.1 Å². The quantitative estimate of drug-likeness (QED) is 0.428. The Bertz CT molecular complexity index is 1520. The van der Waals surface area contributed by atoms with Crippen LogP contribution >= 0.6 is 11.3 Å². The van der Waals surface area contributed by atoms with Crippen molar-refractivity contribution in [1.82, 2.24) is 10.3 Å². The van der Waals surface area contributed by atoms with Crippen molar-refractivity contribution in [2.24, 2.45) is 4.99 Å². The van der Waals surface area contributed by atoms with Crippen LogP contribution in [-0.4, -0.2) is 41.4 Å². The zero-order chi connectivity index (χ0) is 27.4. The molecule has 1 aromatic heterocycles. The monoisotopic (exact) mass is 546 g/mol. The van der Waals surface area contributed by atoms with Gasteiger partial charge in [0, 0.05) is 11.3 Å². The second-order valence-corrected chi connectivity index (χ2v) is 14.6. The number of carbonyl (C=O) groups excluding carboxylic acids is 1. The maximum atomic E-state index is 15.2. The number of nitrogens with zero attached hydrogens (tertiary/aromatic N) is 2. The minimum Gasteiger partial charge on any atom is -0.444 e. The van der Waals surface area contributed by atoms with E-state index in [0.29, 0.717) is 5.69 Å². The Morgan fingerprint density at radius 2 is 1.86 bits per heavy atom. The first-order valence-corrected chi connectivity index (χ1v) is 14.2. The lowest BCUT2D eigenvalue weighted by Gasteiger charge is -2.39. The number of aliphatic imine (C=N–C) groups is 1. The third-order valence-corrected chi connectivity index (χ3v) is 9.77. The molecule has 0 saturated carbocycles. The van der Waals surface area contributed by atoms with Crippen LogP contribution in [-0.2, 0) is 20.1 Å². The van der Waals surface area contributed by atoms with Crippen LogP contribution in [0.2, 0.25) is 0 Å². The van der Waals surface area contributed by atoms with E-state index in [1.165, 1.54) is 19.9 Å². The predicted octanol–water partition coefficient (Wildman–Crippen LogP) is 5.83. The third kappa shape index (κ3) is 5.33. The highest BCUT2D eigenvalue weighted by Crippen LogP contribution is 2.40. The molecule has 0 spiro atoms. The molecule has 1 amide bonds. The predicted molar refractivity (Wildman–Crippen MR) is 146 cm³/mol. The number of hydrogen-bond acceptors (Lipinski definition) is 8. The summed E-state index contributed by atoms with van der Waals surface area (Å²) in [5.41, 5.74) is -0.111. The average Bonchev–Trinajstić information content (AvgIpc) is 3.13. The summed E-state index contributed by atoms with van der Waals surface area (Å²) in [6, 6.07) is 10.2. The number of aromatic nitrogens is 1. The molecule has 0 radical (unpaired) electrons. The Balaban J connectivity index is 1.76. The number of anilines is 2. The van der Waals surface area contributed by atoms with E-state index in [1.54, 1.807) is 51.2 Å². The summed E-state index contributed by atoms with van der Waals surface area (Å²) in [5, 5.41) is 6.71. The summed E-state index contributed by atoms with van der Waals surface area (Å²) in [6.45, 7) is 11.5. The van der Waals surface area contributed by atoms with Gasteiger partial charge in [0.25, 0.3) is 0 Å². The van der Waals surface area contributed by atoms with Gasteiger partial charge in [0.15, 0.2) is 9.84 Å². The summed E-state index contributed by atoms with van der Waals surface area (Å²) < 4.78 is 46.8. The van der Waals surface area contributed by atoms with Crippen molar-refractivity contribution in [3.05, 3.63) is 52.8 Å². The number of nitrogens with one attached hydrogen (secondary N) is 2. The molecule has 0 unspecified atom stereocenters. The number of thiazole rings is 1. The summed E-state index contributed by atoms with van der Waals surface area (Å²) in [4.78, 5) is 21.7. The van der Waals surface area contributed by atoms with E-state index in [4.69, 9.17) is 4.74 Å². The highest BCUT2D eigenvalue weighted by molar-refractivity contribution is 7.93. The number of hydrogen-bond donors (Lipinski definition) is 2. The number of carbonyl (C=O) groups is 1. The molecule has 1 aliphatic heterocycles. The van der Waals surface area contributed by atoms with Crippen LogP contribution in [0.5, 0.6) is 0 Å². The number of rotatable bonds is 3. The van der Waals surface area contributed by atoms with E-state index in [-0.39, 0.29) is 11.4 Å². The maximum Gasteiger partial charge on any atom is 0.413 e. The molecule has 198 valence electrons. The molecule has 2 aromatic carbocycles. The minimum atomic E-state index is -3.87. The summed E-state index contributed by atoms with van der Waals surface area (Å²) >= 11 is 1.57. The molecule has 8 nitrogen and oxygen atoms in total. The Kier molecular flexibility index (Phi) is 6.61. The number of para-hydroxylation sites is 1. The van der Waals surface area contributed by atoms with Crippen LogP contribution in [0.4, 0.5) is 20.6 Å². The highest BCUT2D eigenvalue weighted by Gasteiger charge is 2.51. The van der Waals surface area contributed by atoms with Gasteiger partial charge >= 0.3 is 6.09 Å². The van der Waals surface area contributed by atoms with E-state index >= 15 is 4.39 Å². The molecule has 0 saturated heterocycles. The summed E-state index contributed by atoms with van der Waals surface area (Å²) in [6.07, 6.45) is -0.832. The smallest absolute Gasteiger partial charge is 0.413 e. The van der Waals surface area contributed by atoms with Gasteiger partial charge in [-0.05, 0) is 78.8 Å². The number of benzene rings is 2. The van der Waals surface area contributed by atoms with E-state index < -0.39 is 43.4 Å². The maximum absolute atomic E-state index is 15.2. The number of sulfone groups is 1. The van der Waals surface area contributed by atoms with Gasteiger partial charge in [-0.1, -0.05) is 6.07 Å². The number of amidine groups is 1. The zero-order valence-electron chi connectivity index (χ0n) is 21.9. The van der Waals surface area contributed by atoms with E-state index in [1.807, 2.05) is 25.1 Å².